The number of alkyl halides is 3. The van der Waals surface area contributed by atoms with Crippen molar-refractivity contribution in [2.45, 2.75) is 31.9 Å². The Morgan fingerprint density at radius 2 is 1.91 bits per heavy atom. The monoisotopic (exact) mass is 315 g/mol. The van der Waals surface area contributed by atoms with Crippen molar-refractivity contribution in [2.24, 2.45) is 5.92 Å². The van der Waals surface area contributed by atoms with Crippen molar-refractivity contribution >= 4 is 5.91 Å². The lowest BCUT2D eigenvalue weighted by Gasteiger charge is -2.32. The molecule has 0 atom stereocenters. The van der Waals surface area contributed by atoms with Crippen LogP contribution in [-0.2, 0) is 11.2 Å². The van der Waals surface area contributed by atoms with Gasteiger partial charge in [-0.25, -0.2) is 0 Å². The lowest BCUT2D eigenvalue weighted by Crippen LogP contribution is -2.40. The fraction of sp³-hybridized carbons (Fsp3) is 0.562. The molecule has 22 heavy (non-hydrogen) atoms. The van der Waals surface area contributed by atoms with Gasteiger partial charge in [0.2, 0.25) is 5.91 Å². The van der Waals surface area contributed by atoms with Gasteiger partial charge in [0, 0.05) is 13.1 Å². The van der Waals surface area contributed by atoms with Crippen molar-refractivity contribution in [3.8, 4) is 5.75 Å². The second kappa shape index (κ2) is 7.03. The number of benzene rings is 1. The van der Waals surface area contributed by atoms with Crippen molar-refractivity contribution in [1.29, 1.82) is 0 Å². The van der Waals surface area contributed by atoms with Crippen molar-refractivity contribution < 1.29 is 22.7 Å². The molecule has 6 heteroatoms. The zero-order valence-corrected chi connectivity index (χ0v) is 12.5. The molecule has 1 aliphatic rings. The van der Waals surface area contributed by atoms with E-state index in [0.717, 1.165) is 30.6 Å². The lowest BCUT2D eigenvalue weighted by molar-refractivity contribution is -0.162. The summed E-state index contributed by atoms with van der Waals surface area (Å²) in [5, 5.41) is 0. The number of methoxy groups -OCH3 is 1. The second-order valence-corrected chi connectivity index (χ2v) is 5.63. The van der Waals surface area contributed by atoms with E-state index in [0.29, 0.717) is 19.0 Å². The van der Waals surface area contributed by atoms with Crippen molar-refractivity contribution in [2.75, 3.05) is 20.2 Å². The molecule has 0 saturated carbocycles. The number of ether oxygens (including phenoxy) is 1. The number of para-hydroxylation sites is 1. The summed E-state index contributed by atoms with van der Waals surface area (Å²) < 4.78 is 42.1. The highest BCUT2D eigenvalue weighted by molar-refractivity contribution is 5.76. The highest BCUT2D eigenvalue weighted by atomic mass is 19.4. The SMILES string of the molecule is COc1ccccc1CC1CCN(C(=O)CC(F)(F)F)CC1. The predicted molar refractivity (Wildman–Crippen MR) is 76.7 cm³/mol. The Morgan fingerprint density at radius 1 is 1.27 bits per heavy atom. The van der Waals surface area contributed by atoms with Crippen molar-refractivity contribution in [1.82, 2.24) is 4.90 Å². The first-order valence-corrected chi connectivity index (χ1v) is 7.35. The maximum Gasteiger partial charge on any atom is 0.397 e. The van der Waals surface area contributed by atoms with Crippen LogP contribution >= 0.6 is 0 Å². The van der Waals surface area contributed by atoms with Crippen molar-refractivity contribution in [3.05, 3.63) is 29.8 Å². The minimum Gasteiger partial charge on any atom is -0.496 e. The molecule has 1 aromatic rings. The summed E-state index contributed by atoms with van der Waals surface area (Å²) in [6, 6.07) is 7.75. The number of amides is 1. The van der Waals surface area contributed by atoms with E-state index in [2.05, 4.69) is 0 Å². The van der Waals surface area contributed by atoms with E-state index in [1.807, 2.05) is 24.3 Å². The zero-order chi connectivity index (χ0) is 16.2. The van der Waals surface area contributed by atoms with E-state index in [1.54, 1.807) is 7.11 Å². The molecule has 0 aliphatic carbocycles. The maximum atomic E-state index is 12.2. The predicted octanol–water partition coefficient (Wildman–Crippen LogP) is 3.43. The summed E-state index contributed by atoms with van der Waals surface area (Å²) in [6.45, 7) is 0.795. The summed E-state index contributed by atoms with van der Waals surface area (Å²) in [6.07, 6.45) is -3.51. The van der Waals surface area contributed by atoms with E-state index in [9.17, 15) is 18.0 Å². The van der Waals surface area contributed by atoms with Crippen LogP contribution in [0.4, 0.5) is 13.2 Å². The molecule has 122 valence electrons. The van der Waals surface area contributed by atoms with Gasteiger partial charge in [-0.15, -0.1) is 0 Å². The molecule has 0 radical (unpaired) electrons. The Hall–Kier alpha value is -1.72. The molecule has 1 aliphatic heterocycles. The number of rotatable bonds is 4. The van der Waals surface area contributed by atoms with Crippen molar-refractivity contribution in [3.63, 3.8) is 0 Å². The summed E-state index contributed by atoms with van der Waals surface area (Å²) in [7, 11) is 1.62. The molecule has 1 amide bonds. The molecule has 2 rings (SSSR count). The topological polar surface area (TPSA) is 29.5 Å². The van der Waals surface area contributed by atoms with Crippen LogP contribution in [0.15, 0.2) is 24.3 Å². The third-order valence-corrected chi connectivity index (χ3v) is 4.02. The maximum absolute atomic E-state index is 12.2. The van der Waals surface area contributed by atoms with Gasteiger partial charge in [0.1, 0.15) is 12.2 Å². The normalized spacial score (nSPS) is 16.6. The third-order valence-electron chi connectivity index (χ3n) is 4.02. The molecule has 1 heterocycles. The van der Waals surface area contributed by atoms with Crippen LogP contribution in [0.5, 0.6) is 5.75 Å². The molecular formula is C16H20F3NO2. The molecule has 1 fully saturated rings. The molecular weight excluding hydrogens is 295 g/mol. The first-order chi connectivity index (χ1) is 10.4. The standard InChI is InChI=1S/C16H20F3NO2/c1-22-14-5-3-2-4-13(14)10-12-6-8-20(9-7-12)15(21)11-16(17,18)19/h2-5,12H,6-11H2,1H3. The lowest BCUT2D eigenvalue weighted by atomic mass is 9.89. The van der Waals surface area contributed by atoms with E-state index < -0.39 is 18.5 Å². The smallest absolute Gasteiger partial charge is 0.397 e. The van der Waals surface area contributed by atoms with Crippen LogP contribution in [0.25, 0.3) is 0 Å². The third kappa shape index (κ3) is 4.64. The Bertz CT molecular complexity index is 508. The van der Waals surface area contributed by atoms with E-state index in [-0.39, 0.29) is 0 Å². The van der Waals surface area contributed by atoms with Gasteiger partial charge in [0.15, 0.2) is 0 Å². The van der Waals surface area contributed by atoms with Gasteiger partial charge in [0.05, 0.1) is 7.11 Å². The number of likely N-dealkylation sites (tertiary alicyclic amines) is 1. The van der Waals surface area contributed by atoms with Crippen LogP contribution in [0.3, 0.4) is 0 Å². The summed E-state index contributed by atoms with van der Waals surface area (Å²) in [4.78, 5) is 12.9. The van der Waals surface area contributed by atoms with Crippen LogP contribution in [0.2, 0.25) is 0 Å². The Morgan fingerprint density at radius 3 is 2.50 bits per heavy atom. The quantitative estimate of drug-likeness (QED) is 0.852. The number of halogens is 3. The van der Waals surface area contributed by atoms with Crippen LogP contribution in [0.1, 0.15) is 24.8 Å². The highest BCUT2D eigenvalue weighted by Gasteiger charge is 2.34. The number of carbonyl (C=O) groups is 1. The van der Waals surface area contributed by atoms with Gasteiger partial charge in [-0.05, 0) is 36.8 Å². The minimum atomic E-state index is -4.43. The fourth-order valence-electron chi connectivity index (χ4n) is 2.85. The van der Waals surface area contributed by atoms with Gasteiger partial charge in [-0.1, -0.05) is 18.2 Å². The first-order valence-electron chi connectivity index (χ1n) is 7.35. The minimum absolute atomic E-state index is 0.367. The van der Waals surface area contributed by atoms with Gasteiger partial charge in [-0.3, -0.25) is 4.79 Å². The number of carbonyl (C=O) groups excluding carboxylic acids is 1. The Kier molecular flexibility index (Phi) is 5.32. The molecule has 0 aromatic heterocycles. The Labute approximate surface area is 128 Å². The average Bonchev–Trinajstić information content (AvgIpc) is 2.47. The van der Waals surface area contributed by atoms with Gasteiger partial charge in [0.25, 0.3) is 0 Å². The van der Waals surface area contributed by atoms with E-state index >= 15 is 0 Å². The molecule has 0 spiro atoms. The van der Waals surface area contributed by atoms with Crippen LogP contribution in [-0.4, -0.2) is 37.2 Å². The molecule has 0 unspecified atom stereocenters. The van der Waals surface area contributed by atoms with Gasteiger partial charge in [-0.2, -0.15) is 13.2 Å². The zero-order valence-electron chi connectivity index (χ0n) is 12.5. The number of hydrogen-bond donors (Lipinski definition) is 0. The fourth-order valence-corrected chi connectivity index (χ4v) is 2.85. The molecule has 0 N–H and O–H groups in total. The summed E-state index contributed by atoms with van der Waals surface area (Å²) >= 11 is 0. The van der Waals surface area contributed by atoms with Crippen LogP contribution < -0.4 is 4.74 Å². The summed E-state index contributed by atoms with van der Waals surface area (Å²) in [5.41, 5.74) is 1.10. The molecule has 0 bridgehead atoms. The number of hydrogen-bond acceptors (Lipinski definition) is 2. The van der Waals surface area contributed by atoms with E-state index in [4.69, 9.17) is 4.74 Å². The average molecular weight is 315 g/mol. The first kappa shape index (κ1) is 16.6. The van der Waals surface area contributed by atoms with Gasteiger partial charge < -0.3 is 9.64 Å². The largest absolute Gasteiger partial charge is 0.496 e. The van der Waals surface area contributed by atoms with E-state index in [1.165, 1.54) is 4.90 Å². The van der Waals surface area contributed by atoms with Gasteiger partial charge >= 0.3 is 6.18 Å². The Balaban J connectivity index is 1.86. The number of nitrogens with zero attached hydrogens (tertiary/aromatic N) is 1. The second-order valence-electron chi connectivity index (χ2n) is 5.63. The highest BCUT2D eigenvalue weighted by Crippen LogP contribution is 2.28. The number of piperidine rings is 1. The molecule has 1 aromatic carbocycles. The molecule has 3 nitrogen and oxygen atoms in total. The van der Waals surface area contributed by atoms with Crippen LogP contribution in [0, 0.1) is 5.92 Å². The summed E-state index contributed by atoms with van der Waals surface area (Å²) in [5.74, 6) is 0.382. The molecule has 1 saturated heterocycles.